The lowest BCUT2D eigenvalue weighted by Crippen LogP contribution is -2.51. The van der Waals surface area contributed by atoms with Crippen molar-refractivity contribution in [3.05, 3.63) is 35.5 Å². The van der Waals surface area contributed by atoms with Crippen molar-refractivity contribution >= 4 is 0 Å². The number of fused-ring (bicyclic) bond motifs is 2. The zero-order chi connectivity index (χ0) is 15.1. The van der Waals surface area contributed by atoms with Crippen molar-refractivity contribution in [1.29, 1.82) is 0 Å². The molecule has 0 aromatic rings. The first kappa shape index (κ1) is 13.6. The van der Waals surface area contributed by atoms with E-state index in [1.807, 2.05) is 0 Å². The van der Waals surface area contributed by atoms with E-state index in [0.29, 0.717) is 23.2 Å². The first-order valence-corrected chi connectivity index (χ1v) is 8.85. The van der Waals surface area contributed by atoms with Crippen LogP contribution < -0.4 is 0 Å². The van der Waals surface area contributed by atoms with Crippen LogP contribution in [-0.4, -0.2) is 20.0 Å². The Labute approximate surface area is 133 Å². The predicted molar refractivity (Wildman–Crippen MR) is 86.2 cm³/mol. The SMILES string of the molecule is C=C1C[C@@]23CC[C@@H]1C=C2[C@H]1COC(OC)[C@]2(C)CCC=C3[C@H]12. The highest BCUT2D eigenvalue weighted by Gasteiger charge is 2.65. The Bertz CT molecular complexity index is 615. The maximum absolute atomic E-state index is 6.20. The molecule has 1 spiro atoms. The first-order chi connectivity index (χ1) is 10.6. The van der Waals surface area contributed by atoms with Gasteiger partial charge in [0.1, 0.15) is 0 Å². The summed E-state index contributed by atoms with van der Waals surface area (Å²) < 4.78 is 12.0. The minimum absolute atomic E-state index is 0.0463. The molecule has 1 heterocycles. The Hall–Kier alpha value is -0.860. The molecule has 1 aliphatic heterocycles. The number of allylic oxidation sites excluding steroid dienone is 4. The maximum Gasteiger partial charge on any atom is 0.163 e. The fourth-order valence-electron chi connectivity index (χ4n) is 6.62. The molecule has 0 amide bonds. The van der Waals surface area contributed by atoms with Gasteiger partial charge in [-0.15, -0.1) is 0 Å². The zero-order valence-electron chi connectivity index (χ0n) is 13.7. The number of methoxy groups -OCH3 is 1. The van der Waals surface area contributed by atoms with Gasteiger partial charge in [0.05, 0.1) is 6.61 Å². The lowest BCUT2D eigenvalue weighted by Gasteiger charge is -2.50. The van der Waals surface area contributed by atoms with Crippen molar-refractivity contribution in [3.63, 3.8) is 0 Å². The van der Waals surface area contributed by atoms with Gasteiger partial charge in [-0.3, -0.25) is 0 Å². The summed E-state index contributed by atoms with van der Waals surface area (Å²) in [7, 11) is 1.81. The van der Waals surface area contributed by atoms with Crippen LogP contribution in [0.15, 0.2) is 35.5 Å². The van der Waals surface area contributed by atoms with Crippen LogP contribution in [0.2, 0.25) is 0 Å². The number of rotatable bonds is 1. The van der Waals surface area contributed by atoms with E-state index in [-0.39, 0.29) is 11.7 Å². The molecule has 0 aromatic carbocycles. The lowest BCUT2D eigenvalue weighted by atomic mass is 9.56. The van der Waals surface area contributed by atoms with Crippen molar-refractivity contribution in [2.75, 3.05) is 13.7 Å². The van der Waals surface area contributed by atoms with Crippen molar-refractivity contribution in [2.45, 2.75) is 45.3 Å². The summed E-state index contributed by atoms with van der Waals surface area (Å²) in [6.07, 6.45) is 11.3. The van der Waals surface area contributed by atoms with Gasteiger partial charge >= 0.3 is 0 Å². The summed E-state index contributed by atoms with van der Waals surface area (Å²) in [5.41, 5.74) is 5.33. The summed E-state index contributed by atoms with van der Waals surface area (Å²) >= 11 is 0. The molecule has 5 aliphatic carbocycles. The molecule has 0 radical (unpaired) electrons. The monoisotopic (exact) mass is 298 g/mol. The molecule has 3 fully saturated rings. The molecule has 1 saturated heterocycles. The average Bonchev–Trinajstić information content (AvgIpc) is 2.80. The Morgan fingerprint density at radius 1 is 1.32 bits per heavy atom. The lowest BCUT2D eigenvalue weighted by molar-refractivity contribution is -0.241. The van der Waals surface area contributed by atoms with Gasteiger partial charge in [0.2, 0.25) is 0 Å². The Morgan fingerprint density at radius 2 is 2.18 bits per heavy atom. The summed E-state index contributed by atoms with van der Waals surface area (Å²) in [6.45, 7) is 7.64. The zero-order valence-corrected chi connectivity index (χ0v) is 13.7. The van der Waals surface area contributed by atoms with Crippen molar-refractivity contribution in [1.82, 2.24) is 0 Å². The predicted octanol–water partition coefficient (Wildman–Crippen LogP) is 4.24. The average molecular weight is 298 g/mol. The summed E-state index contributed by atoms with van der Waals surface area (Å²) in [6, 6.07) is 0. The third kappa shape index (κ3) is 1.36. The molecule has 2 saturated carbocycles. The highest BCUT2D eigenvalue weighted by molar-refractivity contribution is 5.51. The van der Waals surface area contributed by atoms with E-state index in [2.05, 4.69) is 25.7 Å². The maximum atomic E-state index is 6.20. The van der Waals surface area contributed by atoms with Crippen LogP contribution in [0.3, 0.4) is 0 Å². The van der Waals surface area contributed by atoms with Crippen LogP contribution in [-0.2, 0) is 9.47 Å². The highest BCUT2D eigenvalue weighted by atomic mass is 16.7. The molecular formula is C20H26O2. The fraction of sp³-hybridized carbons (Fsp3) is 0.700. The quantitative estimate of drug-likeness (QED) is 0.674. The summed E-state index contributed by atoms with van der Waals surface area (Å²) in [5, 5.41) is 0. The summed E-state index contributed by atoms with van der Waals surface area (Å²) in [5.74, 6) is 1.83. The van der Waals surface area contributed by atoms with Crippen LogP contribution in [0.5, 0.6) is 0 Å². The minimum Gasteiger partial charge on any atom is -0.355 e. The molecule has 2 heteroatoms. The molecule has 0 N–H and O–H groups in total. The van der Waals surface area contributed by atoms with E-state index >= 15 is 0 Å². The van der Waals surface area contributed by atoms with Crippen LogP contribution >= 0.6 is 0 Å². The number of hydrogen-bond acceptors (Lipinski definition) is 2. The Kier molecular flexibility index (Phi) is 2.56. The molecular weight excluding hydrogens is 272 g/mol. The smallest absolute Gasteiger partial charge is 0.163 e. The van der Waals surface area contributed by atoms with Gasteiger partial charge in [-0.05, 0) is 43.9 Å². The van der Waals surface area contributed by atoms with E-state index < -0.39 is 0 Å². The molecule has 118 valence electrons. The van der Waals surface area contributed by atoms with E-state index in [9.17, 15) is 0 Å². The van der Waals surface area contributed by atoms with E-state index in [4.69, 9.17) is 9.47 Å². The minimum atomic E-state index is -0.0463. The van der Waals surface area contributed by atoms with E-state index in [1.54, 1.807) is 18.3 Å². The van der Waals surface area contributed by atoms with Gasteiger partial charge in [-0.2, -0.15) is 0 Å². The molecule has 6 atom stereocenters. The molecule has 0 aromatic heterocycles. The normalized spacial score (nSPS) is 52.0. The largest absolute Gasteiger partial charge is 0.355 e. The Balaban J connectivity index is 1.70. The van der Waals surface area contributed by atoms with E-state index in [0.717, 1.165) is 6.61 Å². The summed E-state index contributed by atoms with van der Waals surface area (Å²) in [4.78, 5) is 0. The van der Waals surface area contributed by atoms with Crippen LogP contribution in [0, 0.1) is 28.6 Å². The van der Waals surface area contributed by atoms with Gasteiger partial charge in [0.15, 0.2) is 6.29 Å². The van der Waals surface area contributed by atoms with Crippen LogP contribution in [0.1, 0.15) is 39.0 Å². The van der Waals surface area contributed by atoms with E-state index in [1.165, 1.54) is 37.7 Å². The third-order valence-corrected chi connectivity index (χ3v) is 7.50. The van der Waals surface area contributed by atoms with Gasteiger partial charge in [0.25, 0.3) is 0 Å². The Morgan fingerprint density at radius 3 is 2.95 bits per heavy atom. The topological polar surface area (TPSA) is 18.5 Å². The highest BCUT2D eigenvalue weighted by Crippen LogP contribution is 2.71. The standard InChI is InChI=1S/C20H26O2/c1-12-10-20-8-6-13(12)9-16(20)14-11-22-18(21-3)19(2)7-4-5-15(20)17(14)19/h5,9,13-14,17-18H,1,4,6-8,10-11H2,2-3H3/t13-,14-,17+,18?,19-,20-/m1/s1. The molecule has 6 aliphatic rings. The van der Waals surface area contributed by atoms with Gasteiger partial charge in [-0.25, -0.2) is 0 Å². The van der Waals surface area contributed by atoms with Gasteiger partial charge in [0, 0.05) is 23.9 Å². The van der Waals surface area contributed by atoms with Gasteiger partial charge < -0.3 is 9.47 Å². The molecule has 1 unspecified atom stereocenters. The number of hydrogen-bond donors (Lipinski definition) is 0. The third-order valence-electron chi connectivity index (χ3n) is 7.50. The van der Waals surface area contributed by atoms with Crippen molar-refractivity contribution in [2.24, 2.45) is 28.6 Å². The van der Waals surface area contributed by atoms with Crippen molar-refractivity contribution < 1.29 is 9.47 Å². The first-order valence-electron chi connectivity index (χ1n) is 8.85. The number of ether oxygens (including phenoxy) is 2. The second-order valence-electron chi connectivity index (χ2n) is 8.37. The second kappa shape index (κ2) is 4.15. The molecule has 2 nitrogen and oxygen atoms in total. The van der Waals surface area contributed by atoms with Gasteiger partial charge in [-0.1, -0.05) is 42.4 Å². The van der Waals surface area contributed by atoms with Crippen LogP contribution in [0.25, 0.3) is 0 Å². The van der Waals surface area contributed by atoms with Crippen molar-refractivity contribution in [3.8, 4) is 0 Å². The molecule has 6 rings (SSSR count). The fourth-order valence-corrected chi connectivity index (χ4v) is 6.62. The molecule has 2 bridgehead atoms. The molecule has 22 heavy (non-hydrogen) atoms. The second-order valence-corrected chi connectivity index (χ2v) is 8.37. The van der Waals surface area contributed by atoms with Crippen LogP contribution in [0.4, 0.5) is 0 Å².